The van der Waals surface area contributed by atoms with E-state index in [0.29, 0.717) is 5.82 Å². The summed E-state index contributed by atoms with van der Waals surface area (Å²) in [6, 6.07) is 1.59. The van der Waals surface area contributed by atoms with Crippen LogP contribution in [0.5, 0.6) is 0 Å². The first-order chi connectivity index (χ1) is 10.00. The number of anilines is 1. The van der Waals surface area contributed by atoms with Gasteiger partial charge in [0.2, 0.25) is 5.91 Å². The van der Waals surface area contributed by atoms with Gasteiger partial charge >= 0.3 is 6.18 Å². The Balaban J connectivity index is 2.17. The zero-order valence-electron chi connectivity index (χ0n) is 13.1. The average molecular weight is 318 g/mol. The second-order valence-corrected chi connectivity index (χ2v) is 6.76. The maximum atomic E-state index is 13.1. The quantitative estimate of drug-likeness (QED) is 0.910. The van der Waals surface area contributed by atoms with Gasteiger partial charge in [-0.1, -0.05) is 0 Å². The van der Waals surface area contributed by atoms with Crippen LogP contribution in [0.4, 0.5) is 19.0 Å². The van der Waals surface area contributed by atoms with Gasteiger partial charge in [0, 0.05) is 19.2 Å². The summed E-state index contributed by atoms with van der Waals surface area (Å²) in [7, 11) is 1.59. The lowest BCUT2D eigenvalue weighted by Crippen LogP contribution is -2.37. The van der Waals surface area contributed by atoms with Crippen LogP contribution in [0.2, 0.25) is 0 Å². The maximum Gasteiger partial charge on any atom is 0.393 e. The average Bonchev–Trinajstić information content (AvgIpc) is 2.93. The van der Waals surface area contributed by atoms with E-state index in [2.05, 4.69) is 10.4 Å². The molecule has 2 atom stereocenters. The minimum Gasteiger partial charge on any atom is -0.311 e. The highest BCUT2D eigenvalue weighted by Gasteiger charge is 2.51. The van der Waals surface area contributed by atoms with Crippen LogP contribution in [0, 0.1) is 11.8 Å². The predicted molar refractivity (Wildman–Crippen MR) is 76.4 cm³/mol. The van der Waals surface area contributed by atoms with Gasteiger partial charge in [-0.2, -0.15) is 18.3 Å². The second kappa shape index (κ2) is 5.57. The van der Waals surface area contributed by atoms with Crippen LogP contribution < -0.4 is 5.32 Å². The molecule has 0 spiro atoms. The number of carbonyl (C=O) groups is 1. The van der Waals surface area contributed by atoms with Crippen LogP contribution in [-0.4, -0.2) is 46.9 Å². The van der Waals surface area contributed by atoms with Gasteiger partial charge in [0.15, 0.2) is 0 Å². The summed E-state index contributed by atoms with van der Waals surface area (Å²) in [4.78, 5) is 13.8. The summed E-state index contributed by atoms with van der Waals surface area (Å²) in [6.45, 7) is 5.65. The summed E-state index contributed by atoms with van der Waals surface area (Å²) in [5, 5.41) is 6.72. The number of alkyl halides is 3. The Morgan fingerprint density at radius 3 is 2.50 bits per heavy atom. The topological polar surface area (TPSA) is 50.2 Å². The molecule has 1 amide bonds. The van der Waals surface area contributed by atoms with Crippen molar-refractivity contribution in [2.45, 2.75) is 32.5 Å². The van der Waals surface area contributed by atoms with Gasteiger partial charge in [-0.3, -0.25) is 4.79 Å². The van der Waals surface area contributed by atoms with E-state index in [4.69, 9.17) is 0 Å². The number of nitrogens with one attached hydrogen (secondary N) is 1. The second-order valence-electron chi connectivity index (χ2n) is 6.76. The third-order valence-corrected chi connectivity index (χ3v) is 3.79. The summed E-state index contributed by atoms with van der Waals surface area (Å²) < 4.78 is 40.8. The molecule has 0 aliphatic carbocycles. The molecular formula is C14H21F3N4O. The molecule has 2 heterocycles. The summed E-state index contributed by atoms with van der Waals surface area (Å²) in [5.74, 6) is -2.94. The van der Waals surface area contributed by atoms with Crippen molar-refractivity contribution < 1.29 is 18.0 Å². The summed E-state index contributed by atoms with van der Waals surface area (Å²) >= 11 is 0. The fourth-order valence-corrected chi connectivity index (χ4v) is 2.75. The van der Waals surface area contributed by atoms with Crippen molar-refractivity contribution in [2.24, 2.45) is 11.8 Å². The highest BCUT2D eigenvalue weighted by molar-refractivity contribution is 5.92. The Labute approximate surface area is 127 Å². The van der Waals surface area contributed by atoms with Gasteiger partial charge in [0.05, 0.1) is 23.6 Å². The lowest BCUT2D eigenvalue weighted by atomic mass is 9.94. The van der Waals surface area contributed by atoms with Crippen molar-refractivity contribution in [1.82, 2.24) is 14.7 Å². The van der Waals surface area contributed by atoms with Gasteiger partial charge in [0.1, 0.15) is 5.82 Å². The Bertz CT molecular complexity index is 547. The molecule has 0 unspecified atom stereocenters. The largest absolute Gasteiger partial charge is 0.393 e. The Hall–Kier alpha value is -1.57. The van der Waals surface area contributed by atoms with Gasteiger partial charge < -0.3 is 10.2 Å². The number of aromatic nitrogens is 2. The van der Waals surface area contributed by atoms with Crippen LogP contribution >= 0.6 is 0 Å². The number of carbonyl (C=O) groups excluding carboxylic acids is 1. The zero-order chi connectivity index (χ0) is 16.7. The number of halogens is 3. The van der Waals surface area contributed by atoms with Crippen molar-refractivity contribution in [3.8, 4) is 0 Å². The molecule has 0 radical (unpaired) electrons. The van der Waals surface area contributed by atoms with E-state index in [0.717, 1.165) is 0 Å². The number of rotatable bonds is 2. The molecule has 22 heavy (non-hydrogen) atoms. The minimum atomic E-state index is -4.38. The van der Waals surface area contributed by atoms with Gasteiger partial charge in [-0.25, -0.2) is 4.68 Å². The van der Waals surface area contributed by atoms with Crippen molar-refractivity contribution in [3.05, 3.63) is 12.3 Å². The Morgan fingerprint density at radius 1 is 1.32 bits per heavy atom. The van der Waals surface area contributed by atoms with Crippen LogP contribution in [0.15, 0.2) is 12.3 Å². The SMILES string of the molecule is CN1C[C@@H](C(F)(F)F)[C@H](C(=O)Nc2ccnn2C(C)(C)C)C1. The number of amides is 1. The van der Waals surface area contributed by atoms with Crippen molar-refractivity contribution in [2.75, 3.05) is 25.5 Å². The predicted octanol–water partition coefficient (Wildman–Crippen LogP) is 2.32. The first kappa shape index (κ1) is 16.8. The molecule has 124 valence electrons. The van der Waals surface area contributed by atoms with Gasteiger partial charge in [-0.05, 0) is 27.8 Å². The number of hydrogen-bond acceptors (Lipinski definition) is 3. The minimum absolute atomic E-state index is 0.0969. The van der Waals surface area contributed by atoms with Crippen LogP contribution in [-0.2, 0) is 10.3 Å². The smallest absolute Gasteiger partial charge is 0.311 e. The molecule has 2 rings (SSSR count). The number of hydrogen-bond donors (Lipinski definition) is 1. The first-order valence-corrected chi connectivity index (χ1v) is 7.11. The molecular weight excluding hydrogens is 297 g/mol. The fourth-order valence-electron chi connectivity index (χ4n) is 2.75. The van der Waals surface area contributed by atoms with Crippen LogP contribution in [0.25, 0.3) is 0 Å². The Morgan fingerprint density at radius 2 is 1.95 bits per heavy atom. The standard InChI is InChI=1S/C14H21F3N4O/c1-13(2,3)21-11(5-6-18-21)19-12(22)9-7-20(4)8-10(9)14(15,16)17/h5-6,9-10H,7-8H2,1-4H3,(H,19,22)/t9-,10-/m1/s1. The van der Waals surface area contributed by atoms with E-state index in [1.54, 1.807) is 17.8 Å². The van der Waals surface area contributed by atoms with Gasteiger partial charge in [-0.15, -0.1) is 0 Å². The summed E-state index contributed by atoms with van der Waals surface area (Å²) in [6.07, 6.45) is -2.86. The van der Waals surface area contributed by atoms with Gasteiger partial charge in [0.25, 0.3) is 0 Å². The molecule has 1 saturated heterocycles. The van der Waals surface area contributed by atoms with Crippen LogP contribution in [0.1, 0.15) is 20.8 Å². The highest BCUT2D eigenvalue weighted by Crippen LogP contribution is 2.37. The maximum absolute atomic E-state index is 13.1. The third kappa shape index (κ3) is 3.43. The molecule has 5 nitrogen and oxygen atoms in total. The lowest BCUT2D eigenvalue weighted by Gasteiger charge is -2.24. The molecule has 8 heteroatoms. The molecule has 0 saturated carbocycles. The Kier molecular flexibility index (Phi) is 4.25. The van der Waals surface area contributed by atoms with Crippen molar-refractivity contribution >= 4 is 11.7 Å². The van der Waals surface area contributed by atoms with E-state index in [1.807, 2.05) is 20.8 Å². The van der Waals surface area contributed by atoms with Crippen molar-refractivity contribution in [1.29, 1.82) is 0 Å². The van der Waals surface area contributed by atoms with E-state index < -0.39 is 23.9 Å². The molecule has 1 aromatic heterocycles. The van der Waals surface area contributed by atoms with Crippen LogP contribution in [0.3, 0.4) is 0 Å². The monoisotopic (exact) mass is 318 g/mol. The molecule has 1 aliphatic rings. The normalized spacial score (nSPS) is 23.8. The van der Waals surface area contributed by atoms with E-state index in [1.165, 1.54) is 11.1 Å². The summed E-state index contributed by atoms with van der Waals surface area (Å²) in [5.41, 5.74) is -0.373. The molecule has 0 aromatic carbocycles. The number of likely N-dealkylation sites (tertiary alicyclic amines) is 1. The zero-order valence-corrected chi connectivity index (χ0v) is 13.1. The molecule has 1 N–H and O–H groups in total. The molecule has 1 fully saturated rings. The van der Waals surface area contributed by atoms with E-state index in [9.17, 15) is 18.0 Å². The molecule has 0 bridgehead atoms. The lowest BCUT2D eigenvalue weighted by molar-refractivity contribution is -0.182. The van der Waals surface area contributed by atoms with Crippen molar-refractivity contribution in [3.63, 3.8) is 0 Å². The molecule has 1 aromatic rings. The first-order valence-electron chi connectivity index (χ1n) is 7.11. The number of nitrogens with zero attached hydrogens (tertiary/aromatic N) is 3. The highest BCUT2D eigenvalue weighted by atomic mass is 19.4. The van der Waals surface area contributed by atoms with E-state index in [-0.39, 0.29) is 18.6 Å². The molecule has 1 aliphatic heterocycles. The third-order valence-electron chi connectivity index (χ3n) is 3.79. The fraction of sp³-hybridized carbons (Fsp3) is 0.714. The van der Waals surface area contributed by atoms with E-state index >= 15 is 0 Å².